The second kappa shape index (κ2) is 10.3. The maximum absolute atomic E-state index is 13.6. The molecular weight excluding hydrogens is 535 g/mol. The van der Waals surface area contributed by atoms with Gasteiger partial charge >= 0.3 is 6.18 Å². The van der Waals surface area contributed by atoms with E-state index < -0.39 is 34.3 Å². The van der Waals surface area contributed by atoms with Gasteiger partial charge in [-0.1, -0.05) is 41.9 Å². The van der Waals surface area contributed by atoms with Crippen molar-refractivity contribution in [3.05, 3.63) is 93.8 Å². The largest absolute Gasteiger partial charge is 0.417 e. The number of carbonyl (C=O) groups is 2. The van der Waals surface area contributed by atoms with E-state index in [1.807, 2.05) is 0 Å². The van der Waals surface area contributed by atoms with Gasteiger partial charge in [0.1, 0.15) is 5.00 Å². The van der Waals surface area contributed by atoms with E-state index in [2.05, 4.69) is 5.32 Å². The van der Waals surface area contributed by atoms with Gasteiger partial charge in [-0.2, -0.15) is 13.2 Å². The highest BCUT2D eigenvalue weighted by molar-refractivity contribution is 7.15. The highest BCUT2D eigenvalue weighted by Crippen LogP contribution is 2.40. The van der Waals surface area contributed by atoms with Crippen LogP contribution in [0.3, 0.4) is 0 Å². The van der Waals surface area contributed by atoms with Gasteiger partial charge in [-0.3, -0.25) is 9.59 Å². The summed E-state index contributed by atoms with van der Waals surface area (Å²) in [5.41, 5.74) is 0.955. The third kappa shape index (κ3) is 5.35. The molecule has 0 fully saturated rings. The lowest BCUT2D eigenvalue weighted by atomic mass is 9.99. The van der Waals surface area contributed by atoms with Gasteiger partial charge in [0, 0.05) is 23.7 Å². The van der Waals surface area contributed by atoms with Crippen LogP contribution in [0, 0.1) is 11.6 Å². The predicted molar refractivity (Wildman–Crippen MR) is 134 cm³/mol. The Bertz CT molecular complexity index is 1490. The molecule has 0 unspecified atom stereocenters. The third-order valence-corrected chi connectivity index (χ3v) is 6.83. The molecule has 0 aliphatic heterocycles. The number of amides is 2. The summed E-state index contributed by atoms with van der Waals surface area (Å²) in [6.07, 6.45) is -4.33. The molecule has 0 atom stereocenters. The van der Waals surface area contributed by atoms with E-state index in [1.165, 1.54) is 19.2 Å². The number of benzene rings is 3. The third-order valence-electron chi connectivity index (χ3n) is 5.59. The summed E-state index contributed by atoms with van der Waals surface area (Å²) in [7, 11) is 1.31. The van der Waals surface area contributed by atoms with Crippen molar-refractivity contribution >= 4 is 45.9 Å². The minimum atomic E-state index is -4.72. The van der Waals surface area contributed by atoms with Crippen LogP contribution >= 0.6 is 22.9 Å². The molecule has 3 aromatic carbocycles. The average molecular weight is 551 g/mol. The zero-order valence-electron chi connectivity index (χ0n) is 18.9. The van der Waals surface area contributed by atoms with Crippen molar-refractivity contribution in [2.24, 2.45) is 0 Å². The second-order valence-electron chi connectivity index (χ2n) is 7.85. The maximum Gasteiger partial charge on any atom is 0.417 e. The van der Waals surface area contributed by atoms with E-state index in [0.717, 1.165) is 40.5 Å². The average Bonchev–Trinajstić information content (AvgIpc) is 3.28. The Morgan fingerprint density at radius 2 is 1.59 bits per heavy atom. The Hall–Kier alpha value is -3.76. The van der Waals surface area contributed by atoms with E-state index in [9.17, 15) is 31.5 Å². The summed E-state index contributed by atoms with van der Waals surface area (Å²) in [6.45, 7) is 0. The molecule has 4 rings (SSSR count). The Morgan fingerprint density at radius 3 is 2.22 bits per heavy atom. The van der Waals surface area contributed by atoms with Crippen LogP contribution in [-0.4, -0.2) is 19.4 Å². The van der Waals surface area contributed by atoms with Crippen LogP contribution in [0.25, 0.3) is 22.3 Å². The maximum atomic E-state index is 13.6. The number of halogens is 6. The smallest absolute Gasteiger partial charge is 0.320 e. The first-order valence-electron chi connectivity index (χ1n) is 10.5. The molecule has 190 valence electrons. The summed E-state index contributed by atoms with van der Waals surface area (Å²) in [5.74, 6) is -2.62. The topological polar surface area (TPSA) is 49.4 Å². The van der Waals surface area contributed by atoms with Gasteiger partial charge < -0.3 is 10.2 Å². The van der Waals surface area contributed by atoms with Gasteiger partial charge in [0.15, 0.2) is 11.6 Å². The molecule has 37 heavy (non-hydrogen) atoms. The number of nitrogens with zero attached hydrogens (tertiary/aromatic N) is 1. The molecule has 4 nitrogen and oxygen atoms in total. The van der Waals surface area contributed by atoms with Crippen molar-refractivity contribution in [1.82, 2.24) is 0 Å². The number of hydrogen-bond acceptors (Lipinski definition) is 3. The van der Waals surface area contributed by atoms with Crippen LogP contribution in [-0.2, 0) is 11.0 Å². The van der Waals surface area contributed by atoms with Crippen molar-refractivity contribution in [1.29, 1.82) is 0 Å². The van der Waals surface area contributed by atoms with Crippen molar-refractivity contribution < 1.29 is 31.5 Å². The molecule has 0 radical (unpaired) electrons. The molecule has 2 amide bonds. The number of anilines is 2. The first kappa shape index (κ1) is 26.3. The number of carbonyl (C=O) groups excluding carboxylic acids is 2. The monoisotopic (exact) mass is 550 g/mol. The van der Waals surface area contributed by atoms with Crippen LogP contribution in [0.5, 0.6) is 0 Å². The van der Waals surface area contributed by atoms with E-state index in [4.69, 9.17) is 11.6 Å². The molecule has 0 bridgehead atoms. The number of thiophene rings is 1. The van der Waals surface area contributed by atoms with Gasteiger partial charge in [-0.25, -0.2) is 8.78 Å². The molecular formula is C26H16ClF5N2O2S. The van der Waals surface area contributed by atoms with E-state index in [-0.39, 0.29) is 16.3 Å². The van der Waals surface area contributed by atoms with Gasteiger partial charge in [0.2, 0.25) is 6.41 Å². The fraction of sp³-hybridized carbons (Fsp3) is 0.0769. The number of hydrogen-bond donors (Lipinski definition) is 1. The summed E-state index contributed by atoms with van der Waals surface area (Å²) < 4.78 is 66.9. The van der Waals surface area contributed by atoms with E-state index in [1.54, 1.807) is 29.6 Å². The summed E-state index contributed by atoms with van der Waals surface area (Å²) in [6, 6.07) is 13.2. The zero-order chi connectivity index (χ0) is 26.9. The van der Waals surface area contributed by atoms with Crippen LogP contribution < -0.4 is 10.2 Å². The molecule has 11 heteroatoms. The first-order valence-corrected chi connectivity index (χ1v) is 11.8. The SMILES string of the molecule is CN(C(=O)c1c(-c2ccc(-c3ccc(F)c(F)c3)cc2)csc1NC=O)c1ccc(Cl)c(C(F)(F)F)c1. The highest BCUT2D eigenvalue weighted by atomic mass is 35.5. The minimum Gasteiger partial charge on any atom is -0.320 e. The lowest BCUT2D eigenvalue weighted by molar-refractivity contribution is -0.137. The van der Waals surface area contributed by atoms with Crippen LogP contribution in [0.4, 0.5) is 32.6 Å². The van der Waals surface area contributed by atoms with Gasteiger partial charge in [0.05, 0.1) is 16.1 Å². The second-order valence-corrected chi connectivity index (χ2v) is 9.13. The van der Waals surface area contributed by atoms with Crippen LogP contribution in [0.1, 0.15) is 15.9 Å². The Morgan fingerprint density at radius 1 is 0.946 bits per heavy atom. The molecule has 0 aliphatic carbocycles. The number of rotatable bonds is 6. The lowest BCUT2D eigenvalue weighted by Crippen LogP contribution is -2.27. The fourth-order valence-corrected chi connectivity index (χ4v) is 4.83. The molecule has 1 N–H and O–H groups in total. The van der Waals surface area contributed by atoms with Crippen molar-refractivity contribution in [3.8, 4) is 22.3 Å². The predicted octanol–water partition coefficient (Wildman–Crippen LogP) is 7.88. The Labute approximate surface area is 216 Å². The van der Waals surface area contributed by atoms with Gasteiger partial charge in [0.25, 0.3) is 5.91 Å². The zero-order valence-corrected chi connectivity index (χ0v) is 20.4. The Kier molecular flexibility index (Phi) is 7.33. The minimum absolute atomic E-state index is 0.0513. The van der Waals surface area contributed by atoms with Gasteiger partial charge in [-0.05, 0) is 47.0 Å². The summed E-state index contributed by atoms with van der Waals surface area (Å²) in [5, 5.41) is 3.79. The van der Waals surface area contributed by atoms with Crippen LogP contribution in [0.15, 0.2) is 66.0 Å². The molecule has 1 aromatic heterocycles. The van der Waals surface area contributed by atoms with Gasteiger partial charge in [-0.15, -0.1) is 11.3 Å². The van der Waals surface area contributed by atoms with E-state index in [0.29, 0.717) is 28.7 Å². The standard InChI is InChI=1S/C26H16ClF5N2O2S/c1-34(17-7-8-20(27)19(11-17)26(30,31)32)25(36)23-18(12-37-24(23)33-13-35)15-4-2-14(3-5-15)16-6-9-21(28)22(29)10-16/h2-13H,1H3,(H,33,35). The van der Waals surface area contributed by atoms with Crippen molar-refractivity contribution in [2.45, 2.75) is 6.18 Å². The number of alkyl halides is 3. The fourth-order valence-electron chi connectivity index (χ4n) is 3.68. The molecule has 0 saturated carbocycles. The number of nitrogens with one attached hydrogen (secondary N) is 1. The summed E-state index contributed by atoms with van der Waals surface area (Å²) in [4.78, 5) is 25.7. The molecule has 0 aliphatic rings. The molecule has 4 aromatic rings. The van der Waals surface area contributed by atoms with Crippen molar-refractivity contribution in [2.75, 3.05) is 17.3 Å². The normalized spacial score (nSPS) is 11.3. The first-order chi connectivity index (χ1) is 17.5. The lowest BCUT2D eigenvalue weighted by Gasteiger charge is -2.20. The Balaban J connectivity index is 1.72. The summed E-state index contributed by atoms with van der Waals surface area (Å²) >= 11 is 6.77. The molecule has 0 saturated heterocycles. The highest BCUT2D eigenvalue weighted by Gasteiger charge is 2.34. The van der Waals surface area contributed by atoms with Crippen LogP contribution in [0.2, 0.25) is 5.02 Å². The molecule has 0 spiro atoms. The van der Waals surface area contributed by atoms with Crippen molar-refractivity contribution in [3.63, 3.8) is 0 Å². The molecule has 1 heterocycles. The van der Waals surface area contributed by atoms with E-state index >= 15 is 0 Å². The quantitative estimate of drug-likeness (QED) is 0.196.